The van der Waals surface area contributed by atoms with Gasteiger partial charge in [-0.2, -0.15) is 0 Å². The molecule has 0 radical (unpaired) electrons. The van der Waals surface area contributed by atoms with Crippen LogP contribution in [0, 0.1) is 11.3 Å². The molecule has 1 aromatic rings. The number of nitrogens with two attached hydrogens (primary N) is 1. The summed E-state index contributed by atoms with van der Waals surface area (Å²) in [7, 11) is 0. The number of nitrogens with one attached hydrogen (secondary N) is 1. The Labute approximate surface area is 113 Å². The van der Waals surface area contributed by atoms with Crippen LogP contribution in [0.25, 0.3) is 0 Å². The van der Waals surface area contributed by atoms with Crippen molar-refractivity contribution >= 4 is 34.8 Å². The highest BCUT2D eigenvalue weighted by Gasteiger charge is 2.20. The van der Waals surface area contributed by atoms with E-state index in [1.165, 1.54) is 0 Å². The van der Waals surface area contributed by atoms with Crippen molar-refractivity contribution in [2.24, 2.45) is 11.3 Å². The van der Waals surface area contributed by atoms with E-state index in [-0.39, 0.29) is 5.41 Å². The minimum Gasteiger partial charge on any atom is -0.382 e. The van der Waals surface area contributed by atoms with Gasteiger partial charge in [0.2, 0.25) is 0 Å². The van der Waals surface area contributed by atoms with Crippen LogP contribution in [0.5, 0.6) is 0 Å². The van der Waals surface area contributed by atoms with Crippen molar-refractivity contribution in [3.05, 3.63) is 16.1 Å². The Kier molecular flexibility index (Phi) is 4.50. The lowest BCUT2D eigenvalue weighted by molar-refractivity contribution is 0.274. The molecule has 0 aliphatic carbocycles. The highest BCUT2D eigenvalue weighted by molar-refractivity contribution is 6.37. The summed E-state index contributed by atoms with van der Waals surface area (Å²) in [6.45, 7) is 9.57. The third kappa shape index (κ3) is 3.93. The van der Waals surface area contributed by atoms with Gasteiger partial charge >= 0.3 is 0 Å². The van der Waals surface area contributed by atoms with Crippen molar-refractivity contribution in [2.45, 2.75) is 27.7 Å². The molecular weight excluding hydrogens is 257 g/mol. The van der Waals surface area contributed by atoms with Crippen LogP contribution in [0.15, 0.2) is 6.07 Å². The molecule has 0 bridgehead atoms. The zero-order chi connectivity index (χ0) is 13.2. The van der Waals surface area contributed by atoms with Crippen LogP contribution in [0.2, 0.25) is 10.0 Å². The number of hydrogen-bond acceptors (Lipinski definition) is 3. The van der Waals surface area contributed by atoms with Gasteiger partial charge < -0.3 is 11.1 Å². The fraction of sp³-hybridized carbons (Fsp3) is 0.583. The largest absolute Gasteiger partial charge is 0.382 e. The van der Waals surface area contributed by atoms with Crippen molar-refractivity contribution in [2.75, 3.05) is 17.6 Å². The molecule has 0 aliphatic heterocycles. The molecule has 0 spiro atoms. The lowest BCUT2D eigenvalue weighted by atomic mass is 9.82. The van der Waals surface area contributed by atoms with E-state index >= 15 is 0 Å². The van der Waals surface area contributed by atoms with Gasteiger partial charge in [0, 0.05) is 6.54 Å². The van der Waals surface area contributed by atoms with Gasteiger partial charge in [0.05, 0.1) is 10.0 Å². The van der Waals surface area contributed by atoms with E-state index in [2.05, 4.69) is 38.0 Å². The number of halogens is 2. The monoisotopic (exact) mass is 275 g/mol. The Morgan fingerprint density at radius 2 is 1.94 bits per heavy atom. The molecule has 1 atom stereocenters. The standard InChI is InChI=1S/C12H19Cl2N3/c1-7(12(2,3)4)6-16-11-9(14)5-8(13)10(15)17-11/h5,7H,6H2,1-4H3,(H3,15,16,17). The molecule has 1 rings (SSSR count). The molecular formula is C12H19Cl2N3. The van der Waals surface area contributed by atoms with Gasteiger partial charge in [-0.05, 0) is 17.4 Å². The summed E-state index contributed by atoms with van der Waals surface area (Å²) in [5, 5.41) is 4.08. The summed E-state index contributed by atoms with van der Waals surface area (Å²) in [5.74, 6) is 1.36. The molecule has 0 amide bonds. The normalized spacial score (nSPS) is 13.5. The second-order valence-corrected chi connectivity index (χ2v) is 6.15. The van der Waals surface area contributed by atoms with Gasteiger partial charge in [-0.25, -0.2) is 4.98 Å². The average molecular weight is 276 g/mol. The van der Waals surface area contributed by atoms with E-state index < -0.39 is 0 Å². The zero-order valence-electron chi connectivity index (χ0n) is 10.6. The summed E-state index contributed by atoms with van der Waals surface area (Å²) in [6.07, 6.45) is 0. The Bertz CT molecular complexity index is 399. The lowest BCUT2D eigenvalue weighted by Crippen LogP contribution is -2.25. The van der Waals surface area contributed by atoms with Crippen LogP contribution in [0.3, 0.4) is 0 Å². The number of nitrogens with zero attached hydrogens (tertiary/aromatic N) is 1. The molecule has 0 aliphatic rings. The molecule has 5 heteroatoms. The summed E-state index contributed by atoms with van der Waals surface area (Å²) in [4.78, 5) is 4.13. The van der Waals surface area contributed by atoms with Crippen molar-refractivity contribution in [3.63, 3.8) is 0 Å². The Balaban J connectivity index is 2.73. The number of pyridine rings is 1. The van der Waals surface area contributed by atoms with Gasteiger partial charge in [-0.3, -0.25) is 0 Å². The third-order valence-corrected chi connectivity index (χ3v) is 3.60. The Morgan fingerprint density at radius 1 is 1.35 bits per heavy atom. The van der Waals surface area contributed by atoms with Crippen molar-refractivity contribution in [3.8, 4) is 0 Å². The number of nitrogen functional groups attached to an aromatic ring is 1. The minimum absolute atomic E-state index is 0.234. The molecule has 0 saturated heterocycles. The van der Waals surface area contributed by atoms with Crippen molar-refractivity contribution < 1.29 is 0 Å². The lowest BCUT2D eigenvalue weighted by Gasteiger charge is -2.27. The molecule has 0 saturated carbocycles. The molecule has 96 valence electrons. The van der Waals surface area contributed by atoms with E-state index in [0.717, 1.165) is 6.54 Å². The maximum absolute atomic E-state index is 6.03. The zero-order valence-corrected chi connectivity index (χ0v) is 12.2. The van der Waals surface area contributed by atoms with Crippen LogP contribution < -0.4 is 11.1 Å². The Morgan fingerprint density at radius 3 is 2.47 bits per heavy atom. The molecule has 0 fully saturated rings. The van der Waals surface area contributed by atoms with Crippen LogP contribution in [0.1, 0.15) is 27.7 Å². The van der Waals surface area contributed by atoms with Crippen LogP contribution >= 0.6 is 23.2 Å². The topological polar surface area (TPSA) is 50.9 Å². The number of anilines is 2. The number of hydrogen-bond donors (Lipinski definition) is 2. The van der Waals surface area contributed by atoms with Crippen LogP contribution in [-0.2, 0) is 0 Å². The second-order valence-electron chi connectivity index (χ2n) is 5.33. The molecule has 3 nitrogen and oxygen atoms in total. The van der Waals surface area contributed by atoms with Gasteiger partial charge in [-0.15, -0.1) is 0 Å². The van der Waals surface area contributed by atoms with Gasteiger partial charge in [0.1, 0.15) is 11.6 Å². The van der Waals surface area contributed by atoms with E-state index in [9.17, 15) is 0 Å². The smallest absolute Gasteiger partial charge is 0.147 e. The first-order valence-electron chi connectivity index (χ1n) is 5.57. The number of rotatable bonds is 3. The highest BCUT2D eigenvalue weighted by atomic mass is 35.5. The summed E-state index contributed by atoms with van der Waals surface area (Å²) < 4.78 is 0. The van der Waals surface area contributed by atoms with Crippen LogP contribution in [-0.4, -0.2) is 11.5 Å². The van der Waals surface area contributed by atoms with Gasteiger partial charge in [0.15, 0.2) is 0 Å². The van der Waals surface area contributed by atoms with Crippen molar-refractivity contribution in [1.82, 2.24) is 4.98 Å². The maximum Gasteiger partial charge on any atom is 0.147 e. The van der Waals surface area contributed by atoms with E-state index in [1.54, 1.807) is 6.07 Å². The summed E-state index contributed by atoms with van der Waals surface area (Å²) in [5.41, 5.74) is 5.87. The maximum atomic E-state index is 6.03. The van der Waals surface area contributed by atoms with Crippen LogP contribution in [0.4, 0.5) is 11.6 Å². The first-order chi connectivity index (χ1) is 7.71. The fourth-order valence-corrected chi connectivity index (χ4v) is 1.59. The van der Waals surface area contributed by atoms with E-state index in [0.29, 0.717) is 27.6 Å². The summed E-state index contributed by atoms with van der Waals surface area (Å²) in [6, 6.07) is 1.61. The molecule has 0 aromatic carbocycles. The first-order valence-corrected chi connectivity index (χ1v) is 6.32. The Hall–Kier alpha value is -0.670. The minimum atomic E-state index is 0.234. The van der Waals surface area contributed by atoms with E-state index in [4.69, 9.17) is 28.9 Å². The average Bonchev–Trinajstić information content (AvgIpc) is 2.19. The van der Waals surface area contributed by atoms with E-state index in [1.807, 2.05) is 0 Å². The quantitative estimate of drug-likeness (QED) is 0.875. The molecule has 1 unspecified atom stereocenters. The fourth-order valence-electron chi connectivity index (χ4n) is 1.16. The highest BCUT2D eigenvalue weighted by Crippen LogP contribution is 2.29. The molecule has 3 N–H and O–H groups in total. The number of aromatic nitrogens is 1. The first kappa shape index (κ1) is 14.4. The molecule has 1 heterocycles. The molecule has 17 heavy (non-hydrogen) atoms. The predicted molar refractivity (Wildman–Crippen MR) is 75.8 cm³/mol. The second kappa shape index (κ2) is 5.32. The third-order valence-electron chi connectivity index (χ3n) is 3.01. The predicted octanol–water partition coefficient (Wildman–Crippen LogP) is 4.06. The van der Waals surface area contributed by atoms with Gasteiger partial charge in [-0.1, -0.05) is 50.9 Å². The van der Waals surface area contributed by atoms with Crippen molar-refractivity contribution in [1.29, 1.82) is 0 Å². The SMILES string of the molecule is CC(CNc1nc(N)c(Cl)cc1Cl)C(C)(C)C. The molecule has 1 aromatic heterocycles. The van der Waals surface area contributed by atoms with Gasteiger partial charge in [0.25, 0.3) is 0 Å². The summed E-state index contributed by atoms with van der Waals surface area (Å²) >= 11 is 11.9.